The number of nitrogens with one attached hydrogen (secondary N) is 1. The van der Waals surface area contributed by atoms with E-state index in [4.69, 9.17) is 0 Å². The Bertz CT molecular complexity index is 780. The van der Waals surface area contributed by atoms with Gasteiger partial charge >= 0.3 is 0 Å². The van der Waals surface area contributed by atoms with Crippen molar-refractivity contribution < 1.29 is 17.6 Å². The number of hydrogen-bond acceptors (Lipinski definition) is 4. The molecule has 128 valence electrons. The molecule has 0 spiro atoms. The quantitative estimate of drug-likeness (QED) is 0.821. The average Bonchev–Trinajstić information content (AvgIpc) is 2.55. The first-order valence-corrected chi connectivity index (χ1v) is 8.77. The van der Waals surface area contributed by atoms with E-state index in [0.717, 1.165) is 12.1 Å². The van der Waals surface area contributed by atoms with Crippen LogP contribution in [0, 0.1) is 5.82 Å². The number of pyridine rings is 1. The summed E-state index contributed by atoms with van der Waals surface area (Å²) in [6, 6.07) is 9.92. The Hall–Kier alpha value is -2.32. The molecule has 6 nitrogen and oxygen atoms in total. The number of carbonyl (C=O) groups is 1. The summed E-state index contributed by atoms with van der Waals surface area (Å²) in [6.07, 6.45) is 1.63. The third kappa shape index (κ3) is 5.10. The van der Waals surface area contributed by atoms with Gasteiger partial charge in [-0.3, -0.25) is 9.78 Å². The topological polar surface area (TPSA) is 79.4 Å². The standard InChI is InChI=1S/C16H18FN3O3S/c1-13(21)20(12-15-4-2-3-9-18-15)11-10-19-24(22,23)16-7-5-14(17)6-8-16/h2-9,19H,10-12H2,1H3. The lowest BCUT2D eigenvalue weighted by Crippen LogP contribution is -2.37. The van der Waals surface area contributed by atoms with Crippen molar-refractivity contribution in [3.05, 3.63) is 60.2 Å². The molecule has 2 aromatic rings. The van der Waals surface area contributed by atoms with Crippen molar-refractivity contribution in [2.45, 2.75) is 18.4 Å². The molecular weight excluding hydrogens is 333 g/mol. The van der Waals surface area contributed by atoms with Crippen LogP contribution in [0.4, 0.5) is 4.39 Å². The van der Waals surface area contributed by atoms with E-state index < -0.39 is 15.8 Å². The summed E-state index contributed by atoms with van der Waals surface area (Å²) in [4.78, 5) is 17.3. The van der Waals surface area contributed by atoms with Gasteiger partial charge in [0.2, 0.25) is 15.9 Å². The van der Waals surface area contributed by atoms with Gasteiger partial charge in [-0.1, -0.05) is 6.07 Å². The summed E-state index contributed by atoms with van der Waals surface area (Å²) >= 11 is 0. The third-order valence-electron chi connectivity index (χ3n) is 3.32. The molecule has 8 heteroatoms. The number of amides is 1. The molecule has 0 saturated carbocycles. The van der Waals surface area contributed by atoms with Crippen molar-refractivity contribution in [2.75, 3.05) is 13.1 Å². The van der Waals surface area contributed by atoms with Gasteiger partial charge in [-0.05, 0) is 36.4 Å². The fraction of sp³-hybridized carbons (Fsp3) is 0.250. The fourth-order valence-corrected chi connectivity index (χ4v) is 3.07. The summed E-state index contributed by atoms with van der Waals surface area (Å²) < 4.78 is 39.5. The largest absolute Gasteiger partial charge is 0.336 e. The second kappa shape index (κ2) is 7.98. The van der Waals surface area contributed by atoms with Crippen LogP contribution in [-0.4, -0.2) is 37.3 Å². The zero-order valence-electron chi connectivity index (χ0n) is 13.1. The molecule has 2 rings (SSSR count). The summed E-state index contributed by atoms with van der Waals surface area (Å²) in [6.45, 7) is 1.96. The number of hydrogen-bond donors (Lipinski definition) is 1. The molecule has 24 heavy (non-hydrogen) atoms. The monoisotopic (exact) mass is 351 g/mol. The predicted octanol–water partition coefficient (Wildman–Crippen LogP) is 1.55. The molecule has 0 unspecified atom stereocenters. The maximum atomic E-state index is 12.9. The second-order valence-corrected chi connectivity index (χ2v) is 6.88. The molecule has 1 amide bonds. The predicted molar refractivity (Wildman–Crippen MR) is 86.9 cm³/mol. The van der Waals surface area contributed by atoms with Crippen molar-refractivity contribution in [1.82, 2.24) is 14.6 Å². The minimum atomic E-state index is -3.74. The third-order valence-corrected chi connectivity index (χ3v) is 4.80. The average molecular weight is 351 g/mol. The zero-order valence-corrected chi connectivity index (χ0v) is 14.0. The minimum absolute atomic E-state index is 0.0250. The van der Waals surface area contributed by atoms with Crippen LogP contribution >= 0.6 is 0 Å². The van der Waals surface area contributed by atoms with Crippen LogP contribution in [-0.2, 0) is 21.4 Å². The highest BCUT2D eigenvalue weighted by Crippen LogP contribution is 2.09. The Morgan fingerprint density at radius 2 is 1.92 bits per heavy atom. The SMILES string of the molecule is CC(=O)N(CCNS(=O)(=O)c1ccc(F)cc1)Cc1ccccn1. The first-order chi connectivity index (χ1) is 11.4. The molecule has 0 aliphatic rings. The van der Waals surface area contributed by atoms with E-state index in [1.807, 2.05) is 6.07 Å². The van der Waals surface area contributed by atoms with Crippen LogP contribution in [0.3, 0.4) is 0 Å². The summed E-state index contributed by atoms with van der Waals surface area (Å²) in [7, 11) is -3.74. The highest BCUT2D eigenvalue weighted by molar-refractivity contribution is 7.89. The van der Waals surface area contributed by atoms with Gasteiger partial charge in [0.25, 0.3) is 0 Å². The Morgan fingerprint density at radius 1 is 1.21 bits per heavy atom. The van der Waals surface area contributed by atoms with E-state index in [9.17, 15) is 17.6 Å². The Kier molecular flexibility index (Phi) is 5.99. The van der Waals surface area contributed by atoms with Gasteiger partial charge in [0.05, 0.1) is 17.1 Å². The second-order valence-electron chi connectivity index (χ2n) is 5.11. The first-order valence-electron chi connectivity index (χ1n) is 7.29. The molecule has 0 atom stereocenters. The number of aromatic nitrogens is 1. The summed E-state index contributed by atoms with van der Waals surface area (Å²) in [5, 5.41) is 0. The number of rotatable bonds is 7. The molecule has 1 heterocycles. The molecule has 1 aromatic carbocycles. The molecule has 0 radical (unpaired) electrons. The van der Waals surface area contributed by atoms with Gasteiger partial charge in [0, 0.05) is 26.2 Å². The van der Waals surface area contributed by atoms with E-state index in [1.165, 1.54) is 24.0 Å². The highest BCUT2D eigenvalue weighted by atomic mass is 32.2. The van der Waals surface area contributed by atoms with Crippen LogP contribution in [0.2, 0.25) is 0 Å². The first kappa shape index (κ1) is 18.0. The minimum Gasteiger partial charge on any atom is -0.336 e. The maximum Gasteiger partial charge on any atom is 0.240 e. The van der Waals surface area contributed by atoms with E-state index in [0.29, 0.717) is 12.2 Å². The van der Waals surface area contributed by atoms with E-state index in [2.05, 4.69) is 9.71 Å². The zero-order chi connectivity index (χ0) is 17.6. The molecule has 0 fully saturated rings. The molecule has 1 N–H and O–H groups in total. The van der Waals surface area contributed by atoms with Crippen LogP contribution in [0.1, 0.15) is 12.6 Å². The van der Waals surface area contributed by atoms with Crippen LogP contribution < -0.4 is 4.72 Å². The number of nitrogens with zero attached hydrogens (tertiary/aromatic N) is 2. The molecular formula is C16H18FN3O3S. The van der Waals surface area contributed by atoms with Crippen LogP contribution in [0.25, 0.3) is 0 Å². The van der Waals surface area contributed by atoms with Gasteiger partial charge in [0.15, 0.2) is 0 Å². The summed E-state index contributed by atoms with van der Waals surface area (Å²) in [5.41, 5.74) is 0.717. The molecule has 0 saturated heterocycles. The lowest BCUT2D eigenvalue weighted by atomic mass is 10.3. The van der Waals surface area contributed by atoms with E-state index in [1.54, 1.807) is 18.3 Å². The van der Waals surface area contributed by atoms with Gasteiger partial charge in [-0.15, -0.1) is 0 Å². The number of sulfonamides is 1. The van der Waals surface area contributed by atoms with Crippen LogP contribution in [0.5, 0.6) is 0 Å². The molecule has 1 aromatic heterocycles. The van der Waals surface area contributed by atoms with Crippen LogP contribution in [0.15, 0.2) is 53.6 Å². The van der Waals surface area contributed by atoms with Gasteiger partial charge in [-0.2, -0.15) is 0 Å². The van der Waals surface area contributed by atoms with E-state index in [-0.39, 0.29) is 23.9 Å². The lowest BCUT2D eigenvalue weighted by molar-refractivity contribution is -0.129. The smallest absolute Gasteiger partial charge is 0.240 e. The maximum absolute atomic E-state index is 12.9. The van der Waals surface area contributed by atoms with Gasteiger partial charge < -0.3 is 4.90 Å². The van der Waals surface area contributed by atoms with Crippen molar-refractivity contribution in [3.8, 4) is 0 Å². The van der Waals surface area contributed by atoms with Crippen molar-refractivity contribution in [3.63, 3.8) is 0 Å². The Labute approximate surface area is 140 Å². The lowest BCUT2D eigenvalue weighted by Gasteiger charge is -2.20. The number of halogens is 1. The number of benzene rings is 1. The normalized spacial score (nSPS) is 11.2. The highest BCUT2D eigenvalue weighted by Gasteiger charge is 2.15. The molecule has 0 aliphatic carbocycles. The van der Waals surface area contributed by atoms with Crippen molar-refractivity contribution >= 4 is 15.9 Å². The number of carbonyl (C=O) groups excluding carboxylic acids is 1. The Morgan fingerprint density at radius 3 is 2.50 bits per heavy atom. The van der Waals surface area contributed by atoms with E-state index >= 15 is 0 Å². The van der Waals surface area contributed by atoms with Gasteiger partial charge in [0.1, 0.15) is 5.82 Å². The van der Waals surface area contributed by atoms with Gasteiger partial charge in [-0.25, -0.2) is 17.5 Å². The molecule has 0 aliphatic heterocycles. The molecule has 0 bridgehead atoms. The van der Waals surface area contributed by atoms with Crippen molar-refractivity contribution in [1.29, 1.82) is 0 Å². The van der Waals surface area contributed by atoms with Crippen molar-refractivity contribution in [2.24, 2.45) is 0 Å². The Balaban J connectivity index is 1.95. The fourth-order valence-electron chi connectivity index (χ4n) is 2.05. The summed E-state index contributed by atoms with van der Waals surface area (Å²) in [5.74, 6) is -0.686.